The monoisotopic (exact) mass is 400 g/mol. The van der Waals surface area contributed by atoms with E-state index in [0.717, 1.165) is 16.8 Å². The van der Waals surface area contributed by atoms with Crippen LogP contribution >= 0.6 is 11.3 Å². The summed E-state index contributed by atoms with van der Waals surface area (Å²) in [6.07, 6.45) is 0. The van der Waals surface area contributed by atoms with Gasteiger partial charge in [0.25, 0.3) is 5.91 Å². The molecule has 0 saturated heterocycles. The van der Waals surface area contributed by atoms with Crippen LogP contribution in [-0.2, 0) is 6.61 Å². The molecule has 0 radical (unpaired) electrons. The van der Waals surface area contributed by atoms with Gasteiger partial charge in [-0.25, -0.2) is 4.98 Å². The smallest absolute Gasteiger partial charge is 0.257 e. The molecular formula is C24H20N2O2S. The lowest BCUT2D eigenvalue weighted by molar-refractivity contribution is 0.102. The summed E-state index contributed by atoms with van der Waals surface area (Å²) in [5.74, 6) is 0.445. The van der Waals surface area contributed by atoms with Crippen LogP contribution in [0.1, 0.15) is 21.5 Å². The molecule has 4 nitrogen and oxygen atoms in total. The number of thiazole rings is 1. The number of benzene rings is 3. The third kappa shape index (κ3) is 4.89. The Balaban J connectivity index is 1.41. The normalized spacial score (nSPS) is 10.5. The summed E-state index contributed by atoms with van der Waals surface area (Å²) in [7, 11) is 0. The molecule has 4 aromatic rings. The number of rotatable bonds is 6. The Morgan fingerprint density at radius 3 is 2.59 bits per heavy atom. The fraction of sp³-hybridized carbons (Fsp3) is 0.0833. The first-order valence-electron chi connectivity index (χ1n) is 9.28. The van der Waals surface area contributed by atoms with Gasteiger partial charge in [-0.3, -0.25) is 10.1 Å². The van der Waals surface area contributed by atoms with Gasteiger partial charge in [0.2, 0.25) is 0 Å². The number of carbonyl (C=O) groups is 1. The van der Waals surface area contributed by atoms with Gasteiger partial charge in [-0.15, -0.1) is 11.3 Å². The van der Waals surface area contributed by atoms with Crippen molar-refractivity contribution in [2.45, 2.75) is 13.5 Å². The van der Waals surface area contributed by atoms with Crippen LogP contribution in [0.5, 0.6) is 5.75 Å². The van der Waals surface area contributed by atoms with Gasteiger partial charge < -0.3 is 4.74 Å². The summed E-state index contributed by atoms with van der Waals surface area (Å²) in [6.45, 7) is 2.51. The number of hydrogen-bond acceptors (Lipinski definition) is 4. The molecule has 0 aliphatic carbocycles. The SMILES string of the molecule is Cc1ccc(-c2csc(NC(=O)c3cccc(OCc4ccccc4)c3)n2)cc1. The molecule has 3 aromatic carbocycles. The Labute approximate surface area is 173 Å². The van der Waals surface area contributed by atoms with Gasteiger partial charge in [-0.05, 0) is 30.7 Å². The summed E-state index contributed by atoms with van der Waals surface area (Å²) in [4.78, 5) is 17.2. The van der Waals surface area contributed by atoms with Crippen molar-refractivity contribution >= 4 is 22.4 Å². The first-order chi connectivity index (χ1) is 14.2. The van der Waals surface area contributed by atoms with Gasteiger partial charge in [0.15, 0.2) is 5.13 Å². The van der Waals surface area contributed by atoms with E-state index >= 15 is 0 Å². The van der Waals surface area contributed by atoms with Crippen molar-refractivity contribution in [2.24, 2.45) is 0 Å². The van der Waals surface area contributed by atoms with Crippen molar-refractivity contribution in [1.29, 1.82) is 0 Å². The third-order valence-corrected chi connectivity index (χ3v) is 5.17. The lowest BCUT2D eigenvalue weighted by Gasteiger charge is -2.08. The molecule has 1 N–H and O–H groups in total. The van der Waals surface area contributed by atoms with Gasteiger partial charge in [0, 0.05) is 16.5 Å². The summed E-state index contributed by atoms with van der Waals surface area (Å²) in [6, 6.07) is 25.3. The zero-order chi connectivity index (χ0) is 20.1. The van der Waals surface area contributed by atoms with E-state index in [1.54, 1.807) is 12.1 Å². The van der Waals surface area contributed by atoms with Gasteiger partial charge in [-0.1, -0.05) is 66.2 Å². The molecule has 29 heavy (non-hydrogen) atoms. The molecule has 1 aromatic heterocycles. The lowest BCUT2D eigenvalue weighted by Crippen LogP contribution is -2.11. The predicted octanol–water partition coefficient (Wildman–Crippen LogP) is 5.95. The Morgan fingerprint density at radius 2 is 1.79 bits per heavy atom. The van der Waals surface area contributed by atoms with Gasteiger partial charge in [0.1, 0.15) is 12.4 Å². The maximum Gasteiger partial charge on any atom is 0.257 e. The highest BCUT2D eigenvalue weighted by Gasteiger charge is 2.11. The third-order valence-electron chi connectivity index (χ3n) is 4.42. The number of carbonyl (C=O) groups excluding carboxylic acids is 1. The molecule has 0 bridgehead atoms. The molecule has 4 rings (SSSR count). The number of anilines is 1. The lowest BCUT2D eigenvalue weighted by atomic mass is 10.1. The maximum atomic E-state index is 12.6. The van der Waals surface area contributed by atoms with Crippen LogP contribution in [0, 0.1) is 6.92 Å². The molecular weight excluding hydrogens is 380 g/mol. The average molecular weight is 401 g/mol. The van der Waals surface area contributed by atoms with Crippen LogP contribution in [0.4, 0.5) is 5.13 Å². The largest absolute Gasteiger partial charge is 0.489 e. The molecule has 144 valence electrons. The first kappa shape index (κ1) is 18.9. The van der Waals surface area contributed by atoms with Crippen molar-refractivity contribution in [1.82, 2.24) is 4.98 Å². The molecule has 0 atom stereocenters. The minimum absolute atomic E-state index is 0.208. The maximum absolute atomic E-state index is 12.6. The Kier molecular flexibility index (Phi) is 5.68. The van der Waals surface area contributed by atoms with E-state index in [0.29, 0.717) is 23.1 Å². The quantitative estimate of drug-likeness (QED) is 0.435. The summed E-state index contributed by atoms with van der Waals surface area (Å²) < 4.78 is 5.81. The number of nitrogens with one attached hydrogen (secondary N) is 1. The molecule has 0 aliphatic heterocycles. The van der Waals surface area contributed by atoms with Gasteiger partial charge in [-0.2, -0.15) is 0 Å². The first-order valence-corrected chi connectivity index (χ1v) is 10.2. The zero-order valence-corrected chi connectivity index (χ0v) is 16.8. The number of aromatic nitrogens is 1. The van der Waals surface area contributed by atoms with E-state index in [9.17, 15) is 4.79 Å². The molecule has 0 spiro atoms. The summed E-state index contributed by atoms with van der Waals surface area (Å²) >= 11 is 1.41. The second-order valence-electron chi connectivity index (χ2n) is 6.66. The van der Waals surface area contributed by atoms with Crippen molar-refractivity contribution in [3.63, 3.8) is 0 Å². The molecule has 0 fully saturated rings. The molecule has 5 heteroatoms. The van der Waals surface area contributed by atoms with E-state index in [2.05, 4.69) is 10.3 Å². The van der Waals surface area contributed by atoms with Gasteiger partial charge in [0.05, 0.1) is 5.69 Å². The van der Waals surface area contributed by atoms with E-state index in [-0.39, 0.29) is 5.91 Å². The number of aryl methyl sites for hydroxylation is 1. The van der Waals surface area contributed by atoms with E-state index in [1.807, 2.05) is 79.0 Å². The second-order valence-corrected chi connectivity index (χ2v) is 7.52. The highest BCUT2D eigenvalue weighted by atomic mass is 32.1. The van der Waals surface area contributed by atoms with E-state index in [4.69, 9.17) is 4.74 Å². The number of amides is 1. The van der Waals surface area contributed by atoms with Gasteiger partial charge >= 0.3 is 0 Å². The fourth-order valence-electron chi connectivity index (χ4n) is 2.83. The van der Waals surface area contributed by atoms with Crippen molar-refractivity contribution < 1.29 is 9.53 Å². The van der Waals surface area contributed by atoms with Crippen molar-refractivity contribution in [2.75, 3.05) is 5.32 Å². The minimum Gasteiger partial charge on any atom is -0.489 e. The number of hydrogen-bond donors (Lipinski definition) is 1. The van der Waals surface area contributed by atoms with E-state index in [1.165, 1.54) is 16.9 Å². The van der Waals surface area contributed by atoms with Crippen molar-refractivity contribution in [3.8, 4) is 17.0 Å². The number of ether oxygens (including phenoxy) is 1. The molecule has 0 unspecified atom stereocenters. The van der Waals surface area contributed by atoms with Crippen LogP contribution in [0.25, 0.3) is 11.3 Å². The zero-order valence-electron chi connectivity index (χ0n) is 16.0. The predicted molar refractivity (Wildman–Crippen MR) is 117 cm³/mol. The summed E-state index contributed by atoms with van der Waals surface area (Å²) in [5.41, 5.74) is 4.69. The average Bonchev–Trinajstić information content (AvgIpc) is 3.22. The molecule has 1 amide bonds. The highest BCUT2D eigenvalue weighted by Crippen LogP contribution is 2.26. The van der Waals surface area contributed by atoms with E-state index < -0.39 is 0 Å². The molecule has 0 aliphatic rings. The second kappa shape index (κ2) is 8.71. The van der Waals surface area contributed by atoms with Crippen LogP contribution in [-0.4, -0.2) is 10.9 Å². The standard InChI is InChI=1S/C24H20N2O2S/c1-17-10-12-19(13-11-17)22-16-29-24(25-22)26-23(27)20-8-5-9-21(14-20)28-15-18-6-3-2-4-7-18/h2-14,16H,15H2,1H3,(H,25,26,27). The molecule has 1 heterocycles. The Hall–Kier alpha value is -3.44. The van der Waals surface area contributed by atoms with Crippen molar-refractivity contribution in [3.05, 3.63) is 101 Å². The van der Waals surface area contributed by atoms with Crippen LogP contribution < -0.4 is 10.1 Å². The molecule has 0 saturated carbocycles. The summed E-state index contributed by atoms with van der Waals surface area (Å²) in [5, 5.41) is 5.39. The topological polar surface area (TPSA) is 51.2 Å². The number of nitrogens with zero attached hydrogens (tertiary/aromatic N) is 1. The highest BCUT2D eigenvalue weighted by molar-refractivity contribution is 7.14. The van der Waals surface area contributed by atoms with Crippen LogP contribution in [0.15, 0.2) is 84.2 Å². The minimum atomic E-state index is -0.208. The van der Waals surface area contributed by atoms with Crippen LogP contribution in [0.2, 0.25) is 0 Å². The Bertz CT molecular complexity index is 1110. The fourth-order valence-corrected chi connectivity index (χ4v) is 3.54. The Morgan fingerprint density at radius 1 is 1.00 bits per heavy atom. The van der Waals surface area contributed by atoms with Crippen LogP contribution in [0.3, 0.4) is 0 Å².